The molecular formula is C10H10BFO4. The van der Waals surface area contributed by atoms with Crippen molar-refractivity contribution in [2.75, 3.05) is 0 Å². The molecule has 0 aliphatic carbocycles. The first-order valence-electron chi connectivity index (χ1n) is 4.87. The Hall–Kier alpha value is -1.40. The first kappa shape index (κ1) is 11.1. The Morgan fingerprint density at radius 3 is 3.06 bits per heavy atom. The smallest absolute Gasteiger partial charge is 0.479 e. The summed E-state index contributed by atoms with van der Waals surface area (Å²) < 4.78 is 18.1. The molecule has 1 aliphatic rings. The number of benzene rings is 1. The number of hydrogen-bond acceptors (Lipinski definition) is 3. The Bertz CT molecular complexity index is 423. The van der Waals surface area contributed by atoms with Gasteiger partial charge in [0, 0.05) is 6.42 Å². The number of hydrogen-bond donors (Lipinski definition) is 2. The average molecular weight is 224 g/mol. The monoisotopic (exact) mass is 224 g/mol. The predicted molar refractivity (Wildman–Crippen MR) is 55.1 cm³/mol. The molecule has 6 heteroatoms. The van der Waals surface area contributed by atoms with Crippen molar-refractivity contribution in [3.8, 4) is 0 Å². The Balaban J connectivity index is 2.29. The van der Waals surface area contributed by atoms with Gasteiger partial charge in [-0.15, -0.1) is 0 Å². The van der Waals surface area contributed by atoms with Gasteiger partial charge < -0.3 is 14.8 Å². The van der Waals surface area contributed by atoms with Gasteiger partial charge in [-0.3, -0.25) is 0 Å². The molecule has 1 aliphatic heterocycles. The molecule has 0 radical (unpaired) electrons. The van der Waals surface area contributed by atoms with Crippen molar-refractivity contribution in [2.24, 2.45) is 0 Å². The van der Waals surface area contributed by atoms with Crippen molar-refractivity contribution < 1.29 is 24.0 Å². The van der Waals surface area contributed by atoms with E-state index in [1.807, 2.05) is 0 Å². The number of alkyl halides is 1. The number of carbonyl (C=O) groups is 1. The Morgan fingerprint density at radius 2 is 2.38 bits per heavy atom. The molecule has 0 saturated heterocycles. The fraction of sp³-hybridized carbons (Fsp3) is 0.300. The number of rotatable bonds is 3. The normalized spacial score (nSPS) is 16.0. The van der Waals surface area contributed by atoms with E-state index < -0.39 is 19.3 Å². The molecule has 4 nitrogen and oxygen atoms in total. The van der Waals surface area contributed by atoms with Crippen LogP contribution in [-0.2, 0) is 22.5 Å². The summed E-state index contributed by atoms with van der Waals surface area (Å²) in [5.41, 5.74) is 1.77. The molecule has 2 rings (SSSR count). The van der Waals surface area contributed by atoms with Crippen molar-refractivity contribution in [2.45, 2.75) is 19.2 Å². The van der Waals surface area contributed by atoms with Gasteiger partial charge in [-0.2, -0.15) is 0 Å². The van der Waals surface area contributed by atoms with Gasteiger partial charge in [-0.05, 0) is 16.6 Å². The van der Waals surface area contributed by atoms with Crippen molar-refractivity contribution >= 4 is 18.6 Å². The Morgan fingerprint density at radius 1 is 1.62 bits per heavy atom. The fourth-order valence-corrected chi connectivity index (χ4v) is 1.82. The van der Waals surface area contributed by atoms with E-state index in [-0.39, 0.29) is 13.0 Å². The van der Waals surface area contributed by atoms with Gasteiger partial charge in [-0.25, -0.2) is 9.18 Å². The highest BCUT2D eigenvalue weighted by Gasteiger charge is 2.31. The third-order valence-electron chi connectivity index (χ3n) is 2.60. The number of fused-ring (bicyclic) bond motifs is 1. The summed E-state index contributed by atoms with van der Waals surface area (Å²) in [4.78, 5) is 10.4. The van der Waals surface area contributed by atoms with Gasteiger partial charge in [0.1, 0.15) is 0 Å². The van der Waals surface area contributed by atoms with Crippen LogP contribution in [0.2, 0.25) is 0 Å². The number of carboxylic acids is 1. The molecule has 0 spiro atoms. The minimum Gasteiger partial charge on any atom is -0.479 e. The zero-order valence-corrected chi connectivity index (χ0v) is 8.39. The maximum Gasteiger partial charge on any atom is 0.492 e. The standard InChI is InChI=1S/C10H10BFO4/c12-8(10(13)14)4-6-2-1-3-7-5-16-11(15)9(6)7/h1-3,8,15H,4-5H2,(H,13,14)/t8-/m1/s1. The topological polar surface area (TPSA) is 66.8 Å². The van der Waals surface area contributed by atoms with Crippen LogP contribution in [0.4, 0.5) is 4.39 Å². The second kappa shape index (κ2) is 4.23. The van der Waals surface area contributed by atoms with E-state index in [0.29, 0.717) is 11.0 Å². The van der Waals surface area contributed by atoms with E-state index in [1.165, 1.54) is 0 Å². The third-order valence-corrected chi connectivity index (χ3v) is 2.60. The SMILES string of the molecule is O=C(O)[C@H](F)Cc1cccc2c1B(O)OC2. The van der Waals surface area contributed by atoms with Crippen molar-refractivity contribution in [3.63, 3.8) is 0 Å². The number of carboxylic acid groups (broad SMARTS) is 1. The maximum absolute atomic E-state index is 13.1. The van der Waals surface area contributed by atoms with Gasteiger partial charge >= 0.3 is 13.1 Å². The van der Waals surface area contributed by atoms with E-state index in [1.54, 1.807) is 18.2 Å². The van der Waals surface area contributed by atoms with Crippen LogP contribution in [0, 0.1) is 0 Å². The summed E-state index contributed by atoms with van der Waals surface area (Å²) in [6.45, 7) is 0.272. The molecule has 0 amide bonds. The van der Waals surface area contributed by atoms with E-state index in [2.05, 4.69) is 0 Å². The number of halogens is 1. The van der Waals surface area contributed by atoms with Crippen LogP contribution in [0.15, 0.2) is 18.2 Å². The molecule has 1 heterocycles. The zero-order chi connectivity index (χ0) is 11.7. The molecule has 0 unspecified atom stereocenters. The van der Waals surface area contributed by atoms with Crippen LogP contribution in [-0.4, -0.2) is 29.4 Å². The molecule has 0 aromatic heterocycles. The highest BCUT2D eigenvalue weighted by Crippen LogP contribution is 2.14. The van der Waals surface area contributed by atoms with Gasteiger partial charge in [0.2, 0.25) is 6.17 Å². The lowest BCUT2D eigenvalue weighted by Crippen LogP contribution is -2.33. The lowest BCUT2D eigenvalue weighted by molar-refractivity contribution is -0.142. The maximum atomic E-state index is 13.1. The molecular weight excluding hydrogens is 214 g/mol. The van der Waals surface area contributed by atoms with E-state index in [9.17, 15) is 14.2 Å². The van der Waals surface area contributed by atoms with Gasteiger partial charge in [-0.1, -0.05) is 18.2 Å². The molecule has 84 valence electrons. The highest BCUT2D eigenvalue weighted by molar-refractivity contribution is 6.62. The van der Waals surface area contributed by atoms with Crippen LogP contribution in [0.5, 0.6) is 0 Å². The van der Waals surface area contributed by atoms with E-state index >= 15 is 0 Å². The molecule has 1 aromatic rings. The molecule has 2 N–H and O–H groups in total. The lowest BCUT2D eigenvalue weighted by Gasteiger charge is -2.08. The first-order valence-corrected chi connectivity index (χ1v) is 4.87. The van der Waals surface area contributed by atoms with Crippen LogP contribution in [0.1, 0.15) is 11.1 Å². The minimum absolute atomic E-state index is 0.251. The third kappa shape index (κ3) is 1.94. The van der Waals surface area contributed by atoms with E-state index in [4.69, 9.17) is 9.76 Å². The minimum atomic E-state index is -1.96. The molecule has 0 bridgehead atoms. The number of aliphatic carboxylic acids is 1. The van der Waals surface area contributed by atoms with Crippen LogP contribution < -0.4 is 5.46 Å². The van der Waals surface area contributed by atoms with Gasteiger partial charge in [0.05, 0.1) is 6.61 Å². The second-order valence-electron chi connectivity index (χ2n) is 3.66. The summed E-state index contributed by atoms with van der Waals surface area (Å²) in [5, 5.41) is 18.0. The Kier molecular flexibility index (Phi) is 2.94. The highest BCUT2D eigenvalue weighted by atomic mass is 19.1. The van der Waals surface area contributed by atoms with E-state index in [0.717, 1.165) is 5.56 Å². The van der Waals surface area contributed by atoms with Crippen LogP contribution in [0.25, 0.3) is 0 Å². The van der Waals surface area contributed by atoms with Crippen molar-refractivity contribution in [3.05, 3.63) is 29.3 Å². The van der Waals surface area contributed by atoms with Crippen molar-refractivity contribution in [1.29, 1.82) is 0 Å². The fourth-order valence-electron chi connectivity index (χ4n) is 1.82. The molecule has 0 saturated carbocycles. The van der Waals surface area contributed by atoms with Gasteiger partial charge in [0.25, 0.3) is 0 Å². The predicted octanol–water partition coefficient (Wildman–Crippen LogP) is -0.131. The van der Waals surface area contributed by atoms with Crippen LogP contribution in [0.3, 0.4) is 0 Å². The van der Waals surface area contributed by atoms with Crippen LogP contribution >= 0.6 is 0 Å². The largest absolute Gasteiger partial charge is 0.492 e. The quantitative estimate of drug-likeness (QED) is 0.701. The average Bonchev–Trinajstić information content (AvgIpc) is 2.61. The molecule has 1 atom stereocenters. The van der Waals surface area contributed by atoms with Crippen molar-refractivity contribution in [1.82, 2.24) is 0 Å². The molecule has 16 heavy (non-hydrogen) atoms. The summed E-state index contributed by atoms with van der Waals surface area (Å²) in [7, 11) is -1.08. The molecule has 1 aromatic carbocycles. The summed E-state index contributed by atoms with van der Waals surface area (Å²) in [6.07, 6.45) is -2.21. The lowest BCUT2D eigenvalue weighted by atomic mass is 9.75. The molecule has 0 fully saturated rings. The second-order valence-corrected chi connectivity index (χ2v) is 3.66. The summed E-state index contributed by atoms with van der Waals surface area (Å²) in [5.74, 6) is -1.49. The van der Waals surface area contributed by atoms with Gasteiger partial charge in [0.15, 0.2) is 0 Å². The first-order chi connectivity index (χ1) is 7.59. The Labute approximate surface area is 91.8 Å². The summed E-state index contributed by atoms with van der Waals surface area (Å²) >= 11 is 0. The summed E-state index contributed by atoms with van der Waals surface area (Å²) in [6, 6.07) is 5.07. The zero-order valence-electron chi connectivity index (χ0n) is 8.39.